The third kappa shape index (κ3) is 3.81. The molecule has 2 N–H and O–H groups in total. The molecule has 4 heteroatoms. The van der Waals surface area contributed by atoms with E-state index >= 15 is 0 Å². The highest BCUT2D eigenvalue weighted by atomic mass is 16.5. The van der Waals surface area contributed by atoms with Crippen molar-refractivity contribution in [3.8, 4) is 0 Å². The number of rotatable bonds is 5. The van der Waals surface area contributed by atoms with Crippen LogP contribution in [0.25, 0.3) is 0 Å². The lowest BCUT2D eigenvalue weighted by Crippen LogP contribution is -2.40. The van der Waals surface area contributed by atoms with Crippen LogP contribution in [0.15, 0.2) is 16.5 Å². The highest BCUT2D eigenvalue weighted by Gasteiger charge is 2.26. The van der Waals surface area contributed by atoms with Crippen molar-refractivity contribution in [3.05, 3.63) is 23.7 Å². The Balaban J connectivity index is 2.01. The van der Waals surface area contributed by atoms with Crippen molar-refractivity contribution >= 4 is 0 Å². The van der Waals surface area contributed by atoms with Gasteiger partial charge in [-0.3, -0.25) is 4.90 Å². The van der Waals surface area contributed by atoms with Gasteiger partial charge in [0.25, 0.3) is 0 Å². The quantitative estimate of drug-likeness (QED) is 0.888. The average molecular weight is 266 g/mol. The molecule has 0 aliphatic carbocycles. The summed E-state index contributed by atoms with van der Waals surface area (Å²) in [6.45, 7) is 6.85. The summed E-state index contributed by atoms with van der Waals surface area (Å²) in [5.41, 5.74) is 6.16. The van der Waals surface area contributed by atoms with E-state index in [1.54, 1.807) is 0 Å². The molecule has 1 aromatic heterocycles. The second kappa shape index (κ2) is 6.55. The number of hydrogen-bond acceptors (Lipinski definition) is 4. The average Bonchev–Trinajstić information content (AvgIpc) is 2.76. The van der Waals surface area contributed by atoms with Crippen LogP contribution < -0.4 is 5.73 Å². The lowest BCUT2D eigenvalue weighted by molar-refractivity contribution is 0.0467. The van der Waals surface area contributed by atoms with Crippen molar-refractivity contribution in [3.63, 3.8) is 0 Å². The summed E-state index contributed by atoms with van der Waals surface area (Å²) >= 11 is 0. The van der Waals surface area contributed by atoms with Gasteiger partial charge < -0.3 is 14.9 Å². The number of aryl methyl sites for hydroxylation is 1. The summed E-state index contributed by atoms with van der Waals surface area (Å²) in [6.07, 6.45) is 2.29. The molecule has 4 nitrogen and oxygen atoms in total. The van der Waals surface area contributed by atoms with Gasteiger partial charge in [-0.1, -0.05) is 0 Å². The van der Waals surface area contributed by atoms with E-state index in [1.807, 2.05) is 26.0 Å². The minimum atomic E-state index is 0.0513. The van der Waals surface area contributed by atoms with E-state index in [4.69, 9.17) is 14.9 Å². The van der Waals surface area contributed by atoms with Crippen molar-refractivity contribution in [2.24, 2.45) is 11.7 Å². The van der Waals surface area contributed by atoms with E-state index in [0.717, 1.165) is 44.1 Å². The second-order valence-corrected chi connectivity index (χ2v) is 5.75. The molecular weight excluding hydrogens is 240 g/mol. The maximum Gasteiger partial charge on any atom is 0.122 e. The summed E-state index contributed by atoms with van der Waals surface area (Å²) in [5.74, 6) is 2.62. The Labute approximate surface area is 115 Å². The Hall–Kier alpha value is -0.840. The summed E-state index contributed by atoms with van der Waals surface area (Å²) in [6, 6.07) is 4.25. The van der Waals surface area contributed by atoms with Gasteiger partial charge in [-0.2, -0.15) is 0 Å². The Morgan fingerprint density at radius 3 is 2.58 bits per heavy atom. The largest absolute Gasteiger partial charge is 0.465 e. The van der Waals surface area contributed by atoms with Crippen molar-refractivity contribution in [1.29, 1.82) is 0 Å². The molecule has 0 bridgehead atoms. The first-order valence-corrected chi connectivity index (χ1v) is 7.18. The Morgan fingerprint density at radius 2 is 2.05 bits per heavy atom. The number of ether oxygens (including phenoxy) is 1. The van der Waals surface area contributed by atoms with Crippen LogP contribution in [-0.2, 0) is 4.74 Å². The number of furan rings is 1. The fourth-order valence-electron chi connectivity index (χ4n) is 2.94. The molecule has 0 saturated carbocycles. The van der Waals surface area contributed by atoms with E-state index < -0.39 is 0 Å². The topological polar surface area (TPSA) is 51.6 Å². The first-order chi connectivity index (χ1) is 9.08. The van der Waals surface area contributed by atoms with E-state index in [9.17, 15) is 0 Å². The van der Waals surface area contributed by atoms with Crippen LogP contribution in [0.2, 0.25) is 0 Å². The molecule has 0 amide bonds. The molecule has 1 aliphatic rings. The fraction of sp³-hybridized carbons (Fsp3) is 0.733. The van der Waals surface area contributed by atoms with Gasteiger partial charge in [0.05, 0.1) is 6.04 Å². The van der Waals surface area contributed by atoms with Crippen LogP contribution in [0.5, 0.6) is 0 Å². The van der Waals surface area contributed by atoms with Gasteiger partial charge in [-0.05, 0) is 51.8 Å². The molecule has 0 aromatic carbocycles. The summed E-state index contributed by atoms with van der Waals surface area (Å²) < 4.78 is 11.2. The third-order valence-electron chi connectivity index (χ3n) is 3.91. The lowest BCUT2D eigenvalue weighted by atomic mass is 9.97. The van der Waals surface area contributed by atoms with Gasteiger partial charge in [0.2, 0.25) is 0 Å². The minimum Gasteiger partial charge on any atom is -0.465 e. The van der Waals surface area contributed by atoms with Gasteiger partial charge in [0, 0.05) is 25.8 Å². The molecule has 2 rings (SSSR count). The van der Waals surface area contributed by atoms with Crippen LogP contribution in [-0.4, -0.2) is 37.7 Å². The molecule has 108 valence electrons. The normalized spacial score (nSPS) is 20.7. The minimum absolute atomic E-state index is 0.0513. The Morgan fingerprint density at radius 1 is 1.37 bits per heavy atom. The molecule has 0 radical (unpaired) electrons. The first-order valence-electron chi connectivity index (χ1n) is 7.18. The summed E-state index contributed by atoms with van der Waals surface area (Å²) in [5, 5.41) is 0. The van der Waals surface area contributed by atoms with Crippen molar-refractivity contribution < 1.29 is 9.15 Å². The smallest absolute Gasteiger partial charge is 0.122 e. The number of likely N-dealkylation sites (N-methyl/N-ethyl adjacent to an activating group) is 1. The molecule has 2 atom stereocenters. The predicted molar refractivity (Wildman–Crippen MR) is 76.0 cm³/mol. The first kappa shape index (κ1) is 14.6. The van der Waals surface area contributed by atoms with Crippen molar-refractivity contribution in [2.75, 3.05) is 26.8 Å². The van der Waals surface area contributed by atoms with Crippen LogP contribution in [0.3, 0.4) is 0 Å². The molecular formula is C15H26N2O2. The number of nitrogens with two attached hydrogens (primary N) is 1. The standard InChI is InChI=1S/C15H26N2O2/c1-11-4-5-14(19-11)15(12(2)16)17(3)10-13-6-8-18-9-7-13/h4-5,12-13,15H,6-10,16H2,1-3H3. The van der Waals surface area contributed by atoms with Crippen LogP contribution in [0.1, 0.15) is 37.3 Å². The predicted octanol–water partition coefficient (Wildman–Crippen LogP) is 2.33. The molecule has 19 heavy (non-hydrogen) atoms. The molecule has 2 heterocycles. The second-order valence-electron chi connectivity index (χ2n) is 5.75. The SMILES string of the molecule is Cc1ccc(C(C(C)N)N(C)CC2CCOCC2)o1. The van der Waals surface area contributed by atoms with Crippen LogP contribution >= 0.6 is 0 Å². The maximum atomic E-state index is 6.16. The summed E-state index contributed by atoms with van der Waals surface area (Å²) in [4.78, 5) is 2.33. The monoisotopic (exact) mass is 266 g/mol. The number of hydrogen-bond donors (Lipinski definition) is 1. The van der Waals surface area contributed by atoms with Gasteiger partial charge in [-0.25, -0.2) is 0 Å². The molecule has 2 unspecified atom stereocenters. The van der Waals surface area contributed by atoms with Crippen LogP contribution in [0.4, 0.5) is 0 Å². The zero-order chi connectivity index (χ0) is 13.8. The van der Waals surface area contributed by atoms with E-state index in [-0.39, 0.29) is 12.1 Å². The third-order valence-corrected chi connectivity index (χ3v) is 3.91. The van der Waals surface area contributed by atoms with Crippen molar-refractivity contribution in [2.45, 2.75) is 38.8 Å². The maximum absolute atomic E-state index is 6.16. The zero-order valence-corrected chi connectivity index (χ0v) is 12.3. The highest BCUT2D eigenvalue weighted by molar-refractivity contribution is 5.11. The van der Waals surface area contributed by atoms with Crippen LogP contribution in [0, 0.1) is 12.8 Å². The van der Waals surface area contributed by atoms with Gasteiger partial charge in [0.15, 0.2) is 0 Å². The summed E-state index contributed by atoms with van der Waals surface area (Å²) in [7, 11) is 2.14. The molecule has 1 aromatic rings. The highest BCUT2D eigenvalue weighted by Crippen LogP contribution is 2.26. The lowest BCUT2D eigenvalue weighted by Gasteiger charge is -2.33. The molecule has 1 aliphatic heterocycles. The fourth-order valence-corrected chi connectivity index (χ4v) is 2.94. The Bertz CT molecular complexity index is 383. The Kier molecular flexibility index (Phi) is 5.02. The van der Waals surface area contributed by atoms with E-state index in [2.05, 4.69) is 11.9 Å². The van der Waals surface area contributed by atoms with E-state index in [0.29, 0.717) is 5.92 Å². The molecule has 0 spiro atoms. The van der Waals surface area contributed by atoms with E-state index in [1.165, 1.54) is 0 Å². The molecule has 1 saturated heterocycles. The molecule has 1 fully saturated rings. The number of nitrogens with zero attached hydrogens (tertiary/aromatic N) is 1. The van der Waals surface area contributed by atoms with Gasteiger partial charge in [0.1, 0.15) is 11.5 Å². The van der Waals surface area contributed by atoms with Gasteiger partial charge in [-0.15, -0.1) is 0 Å². The van der Waals surface area contributed by atoms with Crippen molar-refractivity contribution in [1.82, 2.24) is 4.90 Å². The zero-order valence-electron chi connectivity index (χ0n) is 12.3. The van der Waals surface area contributed by atoms with Gasteiger partial charge >= 0.3 is 0 Å².